The first-order chi connectivity index (χ1) is 17.5. The lowest BCUT2D eigenvalue weighted by Gasteiger charge is -2.09. The van der Waals surface area contributed by atoms with E-state index in [4.69, 9.17) is 14.2 Å². The van der Waals surface area contributed by atoms with Crippen LogP contribution in [0.15, 0.2) is 77.8 Å². The van der Waals surface area contributed by atoms with Crippen molar-refractivity contribution >= 4 is 17.2 Å². The van der Waals surface area contributed by atoms with Gasteiger partial charge in [-0.15, -0.1) is 0 Å². The predicted molar refractivity (Wildman–Crippen MR) is 144 cm³/mol. The van der Waals surface area contributed by atoms with Gasteiger partial charge >= 0.3 is 0 Å². The number of nitrogens with zero attached hydrogens (tertiary/aromatic N) is 2. The molecule has 0 unspecified atom stereocenters. The normalized spacial score (nSPS) is 11.4. The molecule has 0 saturated carbocycles. The summed E-state index contributed by atoms with van der Waals surface area (Å²) in [4.78, 5) is 19.2. The van der Waals surface area contributed by atoms with Crippen molar-refractivity contribution in [2.24, 2.45) is 12.0 Å². The number of benzene rings is 3. The molecule has 0 saturated heterocycles. The quantitative estimate of drug-likeness (QED) is 0.250. The van der Waals surface area contributed by atoms with E-state index in [1.807, 2.05) is 72.3 Å². The van der Waals surface area contributed by atoms with E-state index in [-0.39, 0.29) is 5.91 Å². The van der Waals surface area contributed by atoms with Gasteiger partial charge < -0.3 is 18.8 Å². The van der Waals surface area contributed by atoms with E-state index in [0.717, 1.165) is 51.8 Å². The summed E-state index contributed by atoms with van der Waals surface area (Å²) >= 11 is 1.48. The van der Waals surface area contributed by atoms with Crippen LogP contribution in [0.1, 0.15) is 30.1 Å². The van der Waals surface area contributed by atoms with Crippen LogP contribution in [0, 0.1) is 0 Å². The fraction of sp³-hybridized carbons (Fsp3) is 0.241. The number of ether oxygens (including phenoxy) is 3. The number of amides is 1. The highest BCUT2D eigenvalue weighted by Gasteiger charge is 2.17. The van der Waals surface area contributed by atoms with Gasteiger partial charge in [0.25, 0.3) is 5.91 Å². The van der Waals surface area contributed by atoms with E-state index < -0.39 is 0 Å². The minimum atomic E-state index is -0.297. The van der Waals surface area contributed by atoms with E-state index >= 15 is 0 Å². The molecule has 0 N–H and O–H groups in total. The van der Waals surface area contributed by atoms with Crippen molar-refractivity contribution in [3.63, 3.8) is 0 Å². The van der Waals surface area contributed by atoms with Gasteiger partial charge in [0.05, 0.1) is 31.4 Å². The molecular weight excluding hydrogens is 472 g/mol. The zero-order valence-electron chi connectivity index (χ0n) is 21.0. The fourth-order valence-electron chi connectivity index (χ4n) is 3.75. The van der Waals surface area contributed by atoms with Crippen molar-refractivity contribution in [3.8, 4) is 38.9 Å². The molecule has 3 aromatic carbocycles. The number of thiazole rings is 1. The molecule has 1 aromatic heterocycles. The summed E-state index contributed by atoms with van der Waals surface area (Å²) in [6, 6.07) is 22.9. The average Bonchev–Trinajstić information content (AvgIpc) is 3.24. The molecule has 1 amide bonds. The highest BCUT2D eigenvalue weighted by Crippen LogP contribution is 2.35. The summed E-state index contributed by atoms with van der Waals surface area (Å²) in [7, 11) is 5.23. The second-order valence-electron chi connectivity index (χ2n) is 8.22. The van der Waals surface area contributed by atoms with Crippen LogP contribution in [0.5, 0.6) is 17.2 Å². The van der Waals surface area contributed by atoms with Crippen molar-refractivity contribution in [1.82, 2.24) is 4.57 Å². The minimum Gasteiger partial charge on any atom is -0.497 e. The van der Waals surface area contributed by atoms with Gasteiger partial charge in [0.15, 0.2) is 4.80 Å². The van der Waals surface area contributed by atoms with Gasteiger partial charge in [-0.05, 0) is 90.3 Å². The molecule has 0 spiro atoms. The monoisotopic (exact) mass is 502 g/mol. The summed E-state index contributed by atoms with van der Waals surface area (Å²) < 4.78 is 18.3. The Balaban J connectivity index is 1.73. The van der Waals surface area contributed by atoms with Gasteiger partial charge in [-0.3, -0.25) is 4.79 Å². The van der Waals surface area contributed by atoms with Crippen molar-refractivity contribution in [3.05, 3.63) is 83.2 Å². The van der Waals surface area contributed by atoms with Crippen LogP contribution < -0.4 is 19.0 Å². The highest BCUT2D eigenvalue weighted by molar-refractivity contribution is 7.13. The molecule has 4 rings (SSSR count). The van der Waals surface area contributed by atoms with Gasteiger partial charge in [-0.2, -0.15) is 4.99 Å². The molecule has 0 fully saturated rings. The van der Waals surface area contributed by atoms with Gasteiger partial charge in [0.1, 0.15) is 17.2 Å². The smallest absolute Gasteiger partial charge is 0.279 e. The third kappa shape index (κ3) is 5.69. The Hall–Kier alpha value is -3.84. The predicted octanol–water partition coefficient (Wildman–Crippen LogP) is 6.36. The Labute approximate surface area is 215 Å². The lowest BCUT2D eigenvalue weighted by molar-refractivity contribution is 0.0998. The van der Waals surface area contributed by atoms with Gasteiger partial charge in [0, 0.05) is 12.6 Å². The number of hydrogen-bond acceptors (Lipinski definition) is 5. The zero-order chi connectivity index (χ0) is 25.5. The molecule has 36 heavy (non-hydrogen) atoms. The first-order valence-corrected chi connectivity index (χ1v) is 12.7. The summed E-state index contributed by atoms with van der Waals surface area (Å²) in [6.45, 7) is 2.79. The first kappa shape index (κ1) is 25.3. The molecule has 0 aliphatic carbocycles. The standard InChI is InChI=1S/C29H30N2O4S/c1-5-6-19-35-25-17-11-22(12-18-25)28(32)30-29-31(2)26(20-7-13-23(33-3)14-8-20)27(36-29)21-9-15-24(34-4)16-10-21/h7-18H,5-6,19H2,1-4H3. The van der Waals surface area contributed by atoms with Crippen LogP contribution in [0.4, 0.5) is 0 Å². The Bertz CT molecular complexity index is 1370. The van der Waals surface area contributed by atoms with Crippen LogP contribution >= 0.6 is 11.3 Å². The number of aromatic nitrogens is 1. The Kier molecular flexibility index (Phi) is 8.23. The molecule has 0 aliphatic rings. The lowest BCUT2D eigenvalue weighted by Crippen LogP contribution is -2.14. The molecule has 7 heteroatoms. The average molecular weight is 503 g/mol. The van der Waals surface area contributed by atoms with Gasteiger partial charge in [-0.1, -0.05) is 24.7 Å². The highest BCUT2D eigenvalue weighted by atomic mass is 32.1. The van der Waals surface area contributed by atoms with Crippen LogP contribution in [0.25, 0.3) is 21.7 Å². The van der Waals surface area contributed by atoms with Gasteiger partial charge in [0.2, 0.25) is 0 Å². The summed E-state index contributed by atoms with van der Waals surface area (Å²) in [6.07, 6.45) is 2.07. The molecule has 0 bridgehead atoms. The van der Waals surface area contributed by atoms with E-state index in [1.165, 1.54) is 11.3 Å². The van der Waals surface area contributed by atoms with E-state index in [0.29, 0.717) is 17.0 Å². The number of hydrogen-bond donors (Lipinski definition) is 0. The van der Waals surface area contributed by atoms with E-state index in [2.05, 4.69) is 11.9 Å². The molecule has 0 atom stereocenters. The van der Waals surface area contributed by atoms with Crippen molar-refractivity contribution < 1.29 is 19.0 Å². The van der Waals surface area contributed by atoms with Crippen LogP contribution in [0.2, 0.25) is 0 Å². The number of unbranched alkanes of at least 4 members (excludes halogenated alkanes) is 1. The molecular formula is C29H30N2O4S. The molecule has 6 nitrogen and oxygen atoms in total. The summed E-state index contributed by atoms with van der Waals surface area (Å²) in [5.74, 6) is 2.03. The van der Waals surface area contributed by atoms with Crippen molar-refractivity contribution in [2.75, 3.05) is 20.8 Å². The Morgan fingerprint density at radius 3 is 1.94 bits per heavy atom. The molecule has 4 aromatic rings. The third-order valence-electron chi connectivity index (χ3n) is 5.81. The lowest BCUT2D eigenvalue weighted by atomic mass is 10.1. The maximum atomic E-state index is 13.1. The number of carbonyl (C=O) groups excluding carboxylic acids is 1. The van der Waals surface area contributed by atoms with E-state index in [1.54, 1.807) is 26.4 Å². The minimum absolute atomic E-state index is 0.297. The van der Waals surface area contributed by atoms with E-state index in [9.17, 15) is 4.79 Å². The fourth-order valence-corrected chi connectivity index (χ4v) is 4.89. The number of methoxy groups -OCH3 is 2. The maximum Gasteiger partial charge on any atom is 0.279 e. The molecule has 0 aliphatic heterocycles. The van der Waals surface area contributed by atoms with Gasteiger partial charge in [-0.25, -0.2) is 0 Å². The topological polar surface area (TPSA) is 62.1 Å². The summed E-state index contributed by atoms with van der Waals surface area (Å²) in [5.41, 5.74) is 3.51. The Morgan fingerprint density at radius 2 is 1.39 bits per heavy atom. The van der Waals surface area contributed by atoms with Crippen molar-refractivity contribution in [2.45, 2.75) is 19.8 Å². The molecule has 1 heterocycles. The first-order valence-electron chi connectivity index (χ1n) is 11.8. The maximum absolute atomic E-state index is 13.1. The number of rotatable bonds is 9. The summed E-state index contributed by atoms with van der Waals surface area (Å²) in [5, 5.41) is 0. The zero-order valence-corrected chi connectivity index (χ0v) is 21.8. The largest absolute Gasteiger partial charge is 0.497 e. The Morgan fingerprint density at radius 1 is 0.833 bits per heavy atom. The second-order valence-corrected chi connectivity index (χ2v) is 9.20. The second kappa shape index (κ2) is 11.7. The number of carbonyl (C=O) groups is 1. The molecule has 0 radical (unpaired) electrons. The van der Waals surface area contributed by atoms with Crippen LogP contribution in [-0.2, 0) is 7.05 Å². The SMILES string of the molecule is CCCCOc1ccc(C(=O)N=c2sc(-c3ccc(OC)cc3)c(-c3ccc(OC)cc3)n2C)cc1. The third-order valence-corrected chi connectivity index (χ3v) is 6.99. The molecule has 186 valence electrons. The van der Waals surface area contributed by atoms with Crippen molar-refractivity contribution in [1.29, 1.82) is 0 Å². The van der Waals surface area contributed by atoms with Crippen LogP contribution in [-0.4, -0.2) is 31.3 Å². The van der Waals surface area contributed by atoms with Crippen LogP contribution in [0.3, 0.4) is 0 Å².